The van der Waals surface area contributed by atoms with Gasteiger partial charge in [0.1, 0.15) is 0 Å². The van der Waals surface area contributed by atoms with Crippen LogP contribution in [0.25, 0.3) is 0 Å². The lowest BCUT2D eigenvalue weighted by atomic mass is 9.95. The van der Waals surface area contributed by atoms with Gasteiger partial charge in [0.25, 0.3) is 0 Å². The zero-order valence-electron chi connectivity index (χ0n) is 10.7. The monoisotopic (exact) mass is 257 g/mol. The second-order valence-electron chi connectivity index (χ2n) is 5.05. The van der Waals surface area contributed by atoms with E-state index in [1.807, 2.05) is 0 Å². The number of nitrogens with one attached hydrogen (secondary N) is 1. The molecule has 0 aromatic carbocycles. The van der Waals surface area contributed by atoms with Gasteiger partial charge < -0.3 is 25.6 Å². The summed E-state index contributed by atoms with van der Waals surface area (Å²) in [6.07, 6.45) is 3.67. The highest BCUT2D eigenvalue weighted by Crippen LogP contribution is 2.20. The summed E-state index contributed by atoms with van der Waals surface area (Å²) >= 11 is 0. The first-order valence-corrected chi connectivity index (χ1v) is 6.63. The van der Waals surface area contributed by atoms with Crippen LogP contribution in [-0.2, 0) is 9.47 Å². The van der Waals surface area contributed by atoms with E-state index in [0.717, 1.165) is 19.4 Å². The first-order chi connectivity index (χ1) is 8.68. The molecule has 2 aliphatic heterocycles. The Morgan fingerprint density at radius 1 is 1.39 bits per heavy atom. The van der Waals surface area contributed by atoms with Crippen molar-refractivity contribution >= 4 is 5.96 Å². The van der Waals surface area contributed by atoms with E-state index in [2.05, 4.69) is 10.3 Å². The fraction of sp³-hybridized carbons (Fsp3) is 0.917. The van der Waals surface area contributed by atoms with Crippen LogP contribution in [-0.4, -0.2) is 55.7 Å². The Labute approximate surface area is 108 Å². The molecule has 0 radical (unpaired) electrons. The number of ether oxygens (including phenoxy) is 2. The first kappa shape index (κ1) is 13.6. The topological polar surface area (TPSA) is 89.1 Å². The molecule has 0 aliphatic carbocycles. The van der Waals surface area contributed by atoms with E-state index in [1.165, 1.54) is 0 Å². The molecule has 2 aliphatic rings. The molecule has 2 rings (SSSR count). The maximum Gasteiger partial charge on any atom is 0.188 e. The van der Waals surface area contributed by atoms with Crippen LogP contribution in [0.5, 0.6) is 0 Å². The van der Waals surface area contributed by atoms with Crippen molar-refractivity contribution in [3.63, 3.8) is 0 Å². The SMILES string of the molecule is NC(=NCC1(O)CCOCC1)NCC1CCCO1. The van der Waals surface area contributed by atoms with Crippen molar-refractivity contribution in [1.29, 1.82) is 0 Å². The summed E-state index contributed by atoms with van der Waals surface area (Å²) in [7, 11) is 0. The van der Waals surface area contributed by atoms with Crippen LogP contribution in [0.15, 0.2) is 4.99 Å². The number of rotatable bonds is 4. The fourth-order valence-electron chi connectivity index (χ4n) is 2.22. The molecule has 1 unspecified atom stereocenters. The minimum Gasteiger partial charge on any atom is -0.388 e. The Morgan fingerprint density at radius 3 is 2.83 bits per heavy atom. The second-order valence-corrected chi connectivity index (χ2v) is 5.05. The molecule has 2 saturated heterocycles. The van der Waals surface area contributed by atoms with E-state index < -0.39 is 5.60 Å². The molecule has 0 bridgehead atoms. The molecule has 1 atom stereocenters. The highest BCUT2D eigenvalue weighted by atomic mass is 16.5. The van der Waals surface area contributed by atoms with Gasteiger partial charge in [-0.1, -0.05) is 0 Å². The average Bonchev–Trinajstić information content (AvgIpc) is 2.88. The van der Waals surface area contributed by atoms with E-state index in [0.29, 0.717) is 45.1 Å². The van der Waals surface area contributed by atoms with Crippen molar-refractivity contribution < 1.29 is 14.6 Å². The van der Waals surface area contributed by atoms with Gasteiger partial charge in [0.2, 0.25) is 0 Å². The van der Waals surface area contributed by atoms with Gasteiger partial charge in [0, 0.05) is 39.2 Å². The summed E-state index contributed by atoms with van der Waals surface area (Å²) in [5.41, 5.74) is 5.01. The third-order valence-corrected chi connectivity index (χ3v) is 3.50. The van der Waals surface area contributed by atoms with Gasteiger partial charge in [-0.2, -0.15) is 0 Å². The third-order valence-electron chi connectivity index (χ3n) is 3.50. The molecule has 4 N–H and O–H groups in total. The molecule has 0 amide bonds. The predicted molar refractivity (Wildman–Crippen MR) is 68.5 cm³/mol. The van der Waals surface area contributed by atoms with Crippen LogP contribution >= 0.6 is 0 Å². The number of hydrogen-bond donors (Lipinski definition) is 3. The molecule has 6 nitrogen and oxygen atoms in total. The zero-order valence-corrected chi connectivity index (χ0v) is 10.7. The normalized spacial score (nSPS) is 28.3. The third kappa shape index (κ3) is 4.12. The van der Waals surface area contributed by atoms with E-state index in [1.54, 1.807) is 0 Å². The summed E-state index contributed by atoms with van der Waals surface area (Å²) in [4.78, 5) is 4.20. The first-order valence-electron chi connectivity index (χ1n) is 6.63. The maximum absolute atomic E-state index is 10.2. The Hall–Kier alpha value is -0.850. The van der Waals surface area contributed by atoms with Gasteiger partial charge in [-0.15, -0.1) is 0 Å². The van der Waals surface area contributed by atoms with Crippen LogP contribution in [0.3, 0.4) is 0 Å². The predicted octanol–water partition coefficient (Wildman–Crippen LogP) is -0.389. The quantitative estimate of drug-likeness (QED) is 0.471. The van der Waals surface area contributed by atoms with E-state index in [-0.39, 0.29) is 6.10 Å². The molecule has 6 heteroatoms. The van der Waals surface area contributed by atoms with E-state index in [9.17, 15) is 5.11 Å². The molecule has 2 heterocycles. The summed E-state index contributed by atoms with van der Waals surface area (Å²) in [5, 5.41) is 13.2. The molecule has 2 fully saturated rings. The highest BCUT2D eigenvalue weighted by molar-refractivity contribution is 5.77. The molecular formula is C12H23N3O3. The number of nitrogens with two attached hydrogens (primary N) is 1. The second kappa shape index (κ2) is 6.36. The van der Waals surface area contributed by atoms with Crippen molar-refractivity contribution in [2.24, 2.45) is 10.7 Å². The van der Waals surface area contributed by atoms with Crippen LogP contribution in [0.4, 0.5) is 0 Å². The van der Waals surface area contributed by atoms with Crippen LogP contribution < -0.4 is 11.1 Å². The lowest BCUT2D eigenvalue weighted by Crippen LogP contribution is -2.42. The van der Waals surface area contributed by atoms with Crippen LogP contribution in [0.1, 0.15) is 25.7 Å². The Bertz CT molecular complexity index is 284. The van der Waals surface area contributed by atoms with Gasteiger partial charge in [0.05, 0.1) is 18.2 Å². The lowest BCUT2D eigenvalue weighted by Gasteiger charge is -2.30. The molecule has 18 heavy (non-hydrogen) atoms. The largest absolute Gasteiger partial charge is 0.388 e. The molecule has 104 valence electrons. The fourth-order valence-corrected chi connectivity index (χ4v) is 2.22. The smallest absolute Gasteiger partial charge is 0.188 e. The van der Waals surface area contributed by atoms with Crippen molar-refractivity contribution in [3.8, 4) is 0 Å². The van der Waals surface area contributed by atoms with Gasteiger partial charge in [-0.05, 0) is 12.8 Å². The number of aliphatic imine (C=N–C) groups is 1. The summed E-state index contributed by atoms with van der Waals surface area (Å²) in [5.74, 6) is 0.380. The van der Waals surface area contributed by atoms with Gasteiger partial charge in [-0.25, -0.2) is 0 Å². The minimum atomic E-state index is -0.756. The highest BCUT2D eigenvalue weighted by Gasteiger charge is 2.29. The number of guanidine groups is 1. The summed E-state index contributed by atoms with van der Waals surface area (Å²) in [6, 6.07) is 0. The van der Waals surface area contributed by atoms with E-state index >= 15 is 0 Å². The number of aliphatic hydroxyl groups is 1. The molecular weight excluding hydrogens is 234 g/mol. The molecule has 0 aromatic heterocycles. The number of hydrogen-bond acceptors (Lipinski definition) is 4. The lowest BCUT2D eigenvalue weighted by molar-refractivity contribution is -0.0565. The Kier molecular flexibility index (Phi) is 4.79. The van der Waals surface area contributed by atoms with Gasteiger partial charge >= 0.3 is 0 Å². The molecule has 0 spiro atoms. The van der Waals surface area contributed by atoms with Crippen molar-refractivity contribution in [3.05, 3.63) is 0 Å². The molecule has 0 saturated carbocycles. The van der Waals surface area contributed by atoms with Gasteiger partial charge in [-0.3, -0.25) is 4.99 Å². The molecule has 0 aromatic rings. The van der Waals surface area contributed by atoms with E-state index in [4.69, 9.17) is 15.2 Å². The van der Waals surface area contributed by atoms with Crippen molar-refractivity contribution in [2.75, 3.05) is 32.9 Å². The zero-order chi connectivity index (χ0) is 12.8. The van der Waals surface area contributed by atoms with Crippen molar-refractivity contribution in [1.82, 2.24) is 5.32 Å². The van der Waals surface area contributed by atoms with Crippen LogP contribution in [0.2, 0.25) is 0 Å². The van der Waals surface area contributed by atoms with Crippen molar-refractivity contribution in [2.45, 2.75) is 37.4 Å². The van der Waals surface area contributed by atoms with Crippen LogP contribution in [0, 0.1) is 0 Å². The maximum atomic E-state index is 10.2. The Balaban J connectivity index is 1.70. The summed E-state index contributed by atoms with van der Waals surface area (Å²) < 4.78 is 10.7. The van der Waals surface area contributed by atoms with Gasteiger partial charge in [0.15, 0.2) is 5.96 Å². The summed E-state index contributed by atoms with van der Waals surface area (Å²) in [6.45, 7) is 3.05. The number of nitrogens with zero attached hydrogens (tertiary/aromatic N) is 1. The average molecular weight is 257 g/mol. The minimum absolute atomic E-state index is 0.241. The Morgan fingerprint density at radius 2 is 2.17 bits per heavy atom. The standard InChI is InChI=1S/C12H23N3O3/c13-11(14-8-10-2-1-5-18-10)15-9-12(16)3-6-17-7-4-12/h10,16H,1-9H2,(H3,13,14,15).